The van der Waals surface area contributed by atoms with Crippen molar-refractivity contribution in [3.63, 3.8) is 0 Å². The number of hydrogen-bond acceptors (Lipinski definition) is 4. The van der Waals surface area contributed by atoms with Crippen molar-refractivity contribution in [1.29, 1.82) is 0 Å². The van der Waals surface area contributed by atoms with Crippen molar-refractivity contribution in [2.24, 2.45) is 0 Å². The van der Waals surface area contributed by atoms with Crippen LogP contribution in [0.4, 0.5) is 5.69 Å². The molecule has 1 N–H and O–H groups in total. The zero-order chi connectivity index (χ0) is 15.1. The summed E-state index contributed by atoms with van der Waals surface area (Å²) in [6.45, 7) is 0.257. The summed E-state index contributed by atoms with van der Waals surface area (Å²) in [5.74, 6) is 0.525. The first-order valence-electron chi connectivity index (χ1n) is 6.84. The van der Waals surface area contributed by atoms with Crippen molar-refractivity contribution >= 4 is 17.8 Å². The number of aliphatic hydroxyl groups is 1. The fourth-order valence-corrected chi connectivity index (χ4v) is 1.80. The molecule has 0 aliphatic rings. The van der Waals surface area contributed by atoms with Crippen molar-refractivity contribution in [2.45, 2.75) is 0 Å². The van der Waals surface area contributed by atoms with Crippen molar-refractivity contribution < 1.29 is 9.84 Å². The maximum atomic E-state index is 8.68. The molecule has 0 aliphatic carbocycles. The van der Waals surface area contributed by atoms with Gasteiger partial charge in [0, 0.05) is 32.0 Å². The van der Waals surface area contributed by atoms with E-state index in [2.05, 4.69) is 34.1 Å². The zero-order valence-electron chi connectivity index (χ0n) is 12.4. The summed E-state index contributed by atoms with van der Waals surface area (Å²) in [6, 6.07) is 12.1. The molecule has 2 rings (SSSR count). The Labute approximate surface area is 125 Å². The molecule has 0 atom stereocenters. The number of rotatable bonds is 6. The van der Waals surface area contributed by atoms with Gasteiger partial charge in [0.15, 0.2) is 0 Å². The molecular formula is C17H20N2O2. The summed E-state index contributed by atoms with van der Waals surface area (Å²) < 4.78 is 5.22. The second-order valence-corrected chi connectivity index (χ2v) is 4.82. The minimum Gasteiger partial charge on any atom is -0.475 e. The van der Waals surface area contributed by atoms with Crippen LogP contribution in [-0.2, 0) is 0 Å². The highest BCUT2D eigenvalue weighted by Crippen LogP contribution is 2.15. The molecule has 2 aromatic rings. The van der Waals surface area contributed by atoms with Crippen LogP contribution in [0.15, 0.2) is 42.6 Å². The Morgan fingerprint density at radius 3 is 2.29 bits per heavy atom. The maximum Gasteiger partial charge on any atom is 0.213 e. The fourth-order valence-electron chi connectivity index (χ4n) is 1.80. The first-order chi connectivity index (χ1) is 10.2. The molecule has 21 heavy (non-hydrogen) atoms. The number of aromatic nitrogens is 1. The molecule has 110 valence electrons. The van der Waals surface area contributed by atoms with E-state index in [0.29, 0.717) is 5.88 Å². The van der Waals surface area contributed by atoms with Crippen LogP contribution in [0, 0.1) is 0 Å². The first kappa shape index (κ1) is 15.1. The lowest BCUT2D eigenvalue weighted by atomic mass is 10.1. The SMILES string of the molecule is CN(C)c1ccc(/C=C/c2ccc(OCCO)nc2)cc1. The normalized spacial score (nSPS) is 10.8. The van der Waals surface area contributed by atoms with Gasteiger partial charge in [-0.1, -0.05) is 24.3 Å². The summed E-state index contributed by atoms with van der Waals surface area (Å²) in [5.41, 5.74) is 3.32. The van der Waals surface area contributed by atoms with Crippen LogP contribution in [0.1, 0.15) is 11.1 Å². The Bertz CT molecular complexity index is 575. The van der Waals surface area contributed by atoms with Gasteiger partial charge < -0.3 is 14.7 Å². The van der Waals surface area contributed by atoms with Gasteiger partial charge in [-0.05, 0) is 29.3 Å². The zero-order valence-corrected chi connectivity index (χ0v) is 12.4. The van der Waals surface area contributed by atoms with Gasteiger partial charge in [0.25, 0.3) is 0 Å². The summed E-state index contributed by atoms with van der Waals surface area (Å²) in [4.78, 5) is 6.25. The first-order valence-corrected chi connectivity index (χ1v) is 6.84. The predicted octanol–water partition coefficient (Wildman–Crippen LogP) is 2.69. The second-order valence-electron chi connectivity index (χ2n) is 4.82. The van der Waals surface area contributed by atoms with Gasteiger partial charge in [0.1, 0.15) is 6.61 Å². The van der Waals surface area contributed by atoms with Gasteiger partial charge >= 0.3 is 0 Å². The Balaban J connectivity index is 2.00. The molecular weight excluding hydrogens is 264 g/mol. The van der Waals surface area contributed by atoms with Gasteiger partial charge in [-0.25, -0.2) is 4.98 Å². The molecule has 0 fully saturated rings. The maximum absolute atomic E-state index is 8.68. The molecule has 0 bridgehead atoms. The van der Waals surface area contributed by atoms with Gasteiger partial charge in [0.2, 0.25) is 5.88 Å². The Morgan fingerprint density at radius 2 is 1.71 bits per heavy atom. The van der Waals surface area contributed by atoms with E-state index in [-0.39, 0.29) is 13.2 Å². The number of hydrogen-bond donors (Lipinski definition) is 1. The average molecular weight is 284 g/mol. The second kappa shape index (κ2) is 7.45. The minimum absolute atomic E-state index is 0.00766. The van der Waals surface area contributed by atoms with Crippen LogP contribution >= 0.6 is 0 Å². The van der Waals surface area contributed by atoms with E-state index in [1.807, 2.05) is 32.3 Å². The average Bonchev–Trinajstić information content (AvgIpc) is 2.52. The van der Waals surface area contributed by atoms with Gasteiger partial charge in [0.05, 0.1) is 6.61 Å². The highest BCUT2D eigenvalue weighted by molar-refractivity contribution is 5.70. The fraction of sp³-hybridized carbons (Fsp3) is 0.235. The molecule has 4 nitrogen and oxygen atoms in total. The Morgan fingerprint density at radius 1 is 1.05 bits per heavy atom. The number of benzene rings is 1. The monoisotopic (exact) mass is 284 g/mol. The van der Waals surface area contributed by atoms with Gasteiger partial charge in [-0.2, -0.15) is 0 Å². The van der Waals surface area contributed by atoms with Crippen LogP contribution < -0.4 is 9.64 Å². The standard InChI is InChI=1S/C17H20N2O2/c1-19(2)16-8-5-14(6-9-16)3-4-15-7-10-17(18-13-15)21-12-11-20/h3-10,13,20H,11-12H2,1-2H3/b4-3+. The van der Waals surface area contributed by atoms with Gasteiger partial charge in [-0.15, -0.1) is 0 Å². The lowest BCUT2D eigenvalue weighted by Gasteiger charge is -2.11. The van der Waals surface area contributed by atoms with Crippen molar-refractivity contribution in [3.05, 3.63) is 53.7 Å². The van der Waals surface area contributed by atoms with Crippen LogP contribution in [-0.4, -0.2) is 37.4 Å². The third-order valence-electron chi connectivity index (χ3n) is 2.98. The van der Waals surface area contributed by atoms with E-state index in [9.17, 15) is 0 Å². The van der Waals surface area contributed by atoms with Crippen LogP contribution in [0.3, 0.4) is 0 Å². The molecule has 4 heteroatoms. The van der Waals surface area contributed by atoms with E-state index >= 15 is 0 Å². The van der Waals surface area contributed by atoms with Crippen LogP contribution in [0.2, 0.25) is 0 Å². The highest BCUT2D eigenvalue weighted by Gasteiger charge is 1.96. The Kier molecular flexibility index (Phi) is 5.35. The molecule has 1 aromatic carbocycles. The number of pyridine rings is 1. The number of aliphatic hydroxyl groups excluding tert-OH is 1. The van der Waals surface area contributed by atoms with E-state index in [1.165, 1.54) is 5.69 Å². The molecule has 0 radical (unpaired) electrons. The van der Waals surface area contributed by atoms with E-state index in [1.54, 1.807) is 12.3 Å². The number of anilines is 1. The molecule has 0 aliphatic heterocycles. The molecule has 0 unspecified atom stereocenters. The minimum atomic E-state index is -0.00766. The van der Waals surface area contributed by atoms with Crippen molar-refractivity contribution in [2.75, 3.05) is 32.2 Å². The van der Waals surface area contributed by atoms with E-state index in [4.69, 9.17) is 9.84 Å². The lowest BCUT2D eigenvalue weighted by Crippen LogP contribution is -2.07. The summed E-state index contributed by atoms with van der Waals surface area (Å²) in [6.07, 6.45) is 5.80. The molecule has 1 heterocycles. The van der Waals surface area contributed by atoms with Gasteiger partial charge in [-0.3, -0.25) is 0 Å². The molecule has 0 amide bonds. The summed E-state index contributed by atoms with van der Waals surface area (Å²) >= 11 is 0. The number of ether oxygens (including phenoxy) is 1. The van der Waals surface area contributed by atoms with Crippen molar-refractivity contribution in [3.8, 4) is 5.88 Å². The predicted molar refractivity (Wildman–Crippen MR) is 86.5 cm³/mol. The van der Waals surface area contributed by atoms with Crippen LogP contribution in [0.5, 0.6) is 5.88 Å². The summed E-state index contributed by atoms with van der Waals surface area (Å²) in [7, 11) is 4.05. The largest absolute Gasteiger partial charge is 0.475 e. The molecule has 0 saturated carbocycles. The molecule has 0 saturated heterocycles. The smallest absolute Gasteiger partial charge is 0.213 e. The topological polar surface area (TPSA) is 45.6 Å². The van der Waals surface area contributed by atoms with Crippen LogP contribution in [0.25, 0.3) is 12.2 Å². The van der Waals surface area contributed by atoms with E-state index in [0.717, 1.165) is 11.1 Å². The third kappa shape index (κ3) is 4.61. The Hall–Kier alpha value is -2.33. The lowest BCUT2D eigenvalue weighted by molar-refractivity contribution is 0.196. The molecule has 0 spiro atoms. The number of nitrogens with zero attached hydrogens (tertiary/aromatic N) is 2. The highest BCUT2D eigenvalue weighted by atomic mass is 16.5. The van der Waals surface area contributed by atoms with Crippen molar-refractivity contribution in [1.82, 2.24) is 4.98 Å². The molecule has 1 aromatic heterocycles. The van der Waals surface area contributed by atoms with E-state index < -0.39 is 0 Å². The quantitative estimate of drug-likeness (QED) is 0.886. The summed E-state index contributed by atoms with van der Waals surface area (Å²) in [5, 5.41) is 8.68. The third-order valence-corrected chi connectivity index (χ3v) is 2.98.